The number of hydrogen-bond donors (Lipinski definition) is 1. The zero-order valence-corrected chi connectivity index (χ0v) is 11.2. The summed E-state index contributed by atoms with van der Waals surface area (Å²) in [6.07, 6.45) is 0. The van der Waals surface area contributed by atoms with Gasteiger partial charge >= 0.3 is 0 Å². The summed E-state index contributed by atoms with van der Waals surface area (Å²) in [6.45, 7) is 0. The third kappa shape index (κ3) is 2.71. The summed E-state index contributed by atoms with van der Waals surface area (Å²) in [5.41, 5.74) is 6.69. The molecule has 0 aliphatic heterocycles. The molecule has 0 spiro atoms. The molecule has 2 aromatic carbocycles. The van der Waals surface area contributed by atoms with Crippen molar-refractivity contribution in [2.45, 2.75) is 9.79 Å². The van der Waals surface area contributed by atoms with Crippen molar-refractivity contribution in [2.75, 3.05) is 20.0 Å². The highest BCUT2D eigenvalue weighted by molar-refractivity contribution is 7.99. The molecule has 2 aromatic rings. The van der Waals surface area contributed by atoms with Crippen LogP contribution in [-0.2, 0) is 0 Å². The van der Waals surface area contributed by atoms with Crippen LogP contribution in [0.4, 0.5) is 5.69 Å². The van der Waals surface area contributed by atoms with Gasteiger partial charge < -0.3 is 15.2 Å². The van der Waals surface area contributed by atoms with Crippen LogP contribution in [0.3, 0.4) is 0 Å². The lowest BCUT2D eigenvalue weighted by molar-refractivity contribution is 0.387. The zero-order valence-electron chi connectivity index (χ0n) is 10.3. The van der Waals surface area contributed by atoms with Gasteiger partial charge in [0.05, 0.1) is 19.1 Å². The molecule has 0 atom stereocenters. The van der Waals surface area contributed by atoms with Gasteiger partial charge in [-0.15, -0.1) is 0 Å². The van der Waals surface area contributed by atoms with Crippen LogP contribution in [0.25, 0.3) is 0 Å². The first-order valence-electron chi connectivity index (χ1n) is 5.49. The van der Waals surface area contributed by atoms with Crippen LogP contribution in [0.2, 0.25) is 0 Å². The van der Waals surface area contributed by atoms with Crippen LogP contribution in [-0.4, -0.2) is 14.2 Å². The predicted molar refractivity (Wildman–Crippen MR) is 74.5 cm³/mol. The predicted octanol–water partition coefficient (Wildman–Crippen LogP) is 3.44. The van der Waals surface area contributed by atoms with E-state index in [-0.39, 0.29) is 0 Å². The Bertz CT molecular complexity index is 543. The minimum atomic E-state index is 0.764. The number of rotatable bonds is 4. The summed E-state index contributed by atoms with van der Waals surface area (Å²) in [7, 11) is 3.28. The van der Waals surface area contributed by atoms with E-state index in [9.17, 15) is 0 Å². The highest BCUT2D eigenvalue weighted by atomic mass is 32.2. The molecule has 0 aromatic heterocycles. The lowest BCUT2D eigenvalue weighted by Crippen LogP contribution is -1.91. The first kappa shape index (κ1) is 12.6. The minimum Gasteiger partial charge on any atom is -0.497 e. The van der Waals surface area contributed by atoms with E-state index in [1.807, 2.05) is 42.5 Å². The highest BCUT2D eigenvalue weighted by Crippen LogP contribution is 2.39. The molecular weight excluding hydrogens is 246 g/mol. The monoisotopic (exact) mass is 261 g/mol. The van der Waals surface area contributed by atoms with Gasteiger partial charge in [0.15, 0.2) is 0 Å². The fourth-order valence-electron chi connectivity index (χ4n) is 1.55. The molecule has 94 valence electrons. The quantitative estimate of drug-likeness (QED) is 0.856. The number of benzene rings is 2. The molecule has 2 N–H and O–H groups in total. The molecule has 0 saturated carbocycles. The number of nitrogen functional groups attached to an aromatic ring is 1. The third-order valence-electron chi connectivity index (χ3n) is 2.51. The van der Waals surface area contributed by atoms with Crippen LogP contribution in [0.15, 0.2) is 52.3 Å². The van der Waals surface area contributed by atoms with Crippen molar-refractivity contribution in [2.24, 2.45) is 0 Å². The number of methoxy groups -OCH3 is 2. The zero-order chi connectivity index (χ0) is 13.0. The minimum absolute atomic E-state index is 0.764. The summed E-state index contributed by atoms with van der Waals surface area (Å²) < 4.78 is 10.5. The second-order valence-electron chi connectivity index (χ2n) is 3.66. The van der Waals surface area contributed by atoms with Crippen LogP contribution in [0, 0.1) is 0 Å². The molecule has 0 saturated heterocycles. The van der Waals surface area contributed by atoms with E-state index in [0.29, 0.717) is 0 Å². The van der Waals surface area contributed by atoms with Crippen molar-refractivity contribution < 1.29 is 9.47 Å². The lowest BCUT2D eigenvalue weighted by atomic mass is 10.3. The van der Waals surface area contributed by atoms with E-state index < -0.39 is 0 Å². The largest absolute Gasteiger partial charge is 0.497 e. The molecule has 0 unspecified atom stereocenters. The van der Waals surface area contributed by atoms with Gasteiger partial charge in [0.1, 0.15) is 11.5 Å². The Kier molecular flexibility index (Phi) is 3.99. The lowest BCUT2D eigenvalue weighted by Gasteiger charge is -2.11. The Morgan fingerprint density at radius 3 is 2.39 bits per heavy atom. The van der Waals surface area contributed by atoms with E-state index >= 15 is 0 Å². The molecule has 3 nitrogen and oxygen atoms in total. The summed E-state index contributed by atoms with van der Waals surface area (Å²) in [5, 5.41) is 0. The van der Waals surface area contributed by atoms with Crippen LogP contribution < -0.4 is 15.2 Å². The summed E-state index contributed by atoms with van der Waals surface area (Å²) in [4.78, 5) is 2.03. The van der Waals surface area contributed by atoms with Gasteiger partial charge in [0, 0.05) is 16.6 Å². The Morgan fingerprint density at radius 2 is 1.72 bits per heavy atom. The second-order valence-corrected chi connectivity index (χ2v) is 4.74. The average molecular weight is 261 g/mol. The van der Waals surface area contributed by atoms with Gasteiger partial charge in [-0.2, -0.15) is 0 Å². The van der Waals surface area contributed by atoms with Gasteiger partial charge in [-0.1, -0.05) is 23.9 Å². The summed E-state index contributed by atoms with van der Waals surface area (Å²) in [6, 6.07) is 13.5. The third-order valence-corrected chi connectivity index (χ3v) is 3.66. The topological polar surface area (TPSA) is 44.5 Å². The van der Waals surface area contributed by atoms with Crippen LogP contribution in [0.5, 0.6) is 11.5 Å². The van der Waals surface area contributed by atoms with E-state index in [4.69, 9.17) is 15.2 Å². The number of nitrogens with two attached hydrogens (primary N) is 1. The number of para-hydroxylation sites is 1. The van der Waals surface area contributed by atoms with Crippen molar-refractivity contribution in [1.82, 2.24) is 0 Å². The maximum absolute atomic E-state index is 5.93. The maximum Gasteiger partial charge on any atom is 0.136 e. The molecule has 0 radical (unpaired) electrons. The first-order valence-corrected chi connectivity index (χ1v) is 6.30. The molecule has 18 heavy (non-hydrogen) atoms. The maximum atomic E-state index is 5.93. The van der Waals surface area contributed by atoms with Crippen LogP contribution >= 0.6 is 11.8 Å². The molecule has 4 heteroatoms. The molecule has 0 bridgehead atoms. The number of ether oxygens (including phenoxy) is 2. The van der Waals surface area contributed by atoms with Crippen LogP contribution in [0.1, 0.15) is 0 Å². The van der Waals surface area contributed by atoms with Gasteiger partial charge in [0.25, 0.3) is 0 Å². The van der Waals surface area contributed by atoms with E-state index in [0.717, 1.165) is 27.0 Å². The molecule has 2 rings (SSSR count). The van der Waals surface area contributed by atoms with Gasteiger partial charge in [-0.3, -0.25) is 0 Å². The van der Waals surface area contributed by atoms with E-state index in [1.54, 1.807) is 26.0 Å². The Hall–Kier alpha value is -1.81. The van der Waals surface area contributed by atoms with Crippen molar-refractivity contribution in [3.05, 3.63) is 42.5 Å². The van der Waals surface area contributed by atoms with E-state index in [2.05, 4.69) is 0 Å². The molecule has 0 aliphatic carbocycles. The SMILES string of the molecule is COc1ccc(Sc2ccccc2N)c(OC)c1. The first-order chi connectivity index (χ1) is 8.74. The average Bonchev–Trinajstić information content (AvgIpc) is 2.41. The van der Waals surface area contributed by atoms with Gasteiger partial charge in [0.2, 0.25) is 0 Å². The molecule has 0 amide bonds. The van der Waals surface area contributed by atoms with Gasteiger partial charge in [-0.05, 0) is 24.3 Å². The normalized spacial score (nSPS) is 10.1. The van der Waals surface area contributed by atoms with Crippen molar-refractivity contribution in [3.63, 3.8) is 0 Å². The fourth-order valence-corrected chi connectivity index (χ4v) is 2.50. The highest BCUT2D eigenvalue weighted by Gasteiger charge is 2.08. The summed E-state index contributed by atoms with van der Waals surface area (Å²) in [5.74, 6) is 1.56. The smallest absolute Gasteiger partial charge is 0.136 e. The van der Waals surface area contributed by atoms with Crippen molar-refractivity contribution >= 4 is 17.4 Å². The molecule has 0 fully saturated rings. The van der Waals surface area contributed by atoms with Gasteiger partial charge in [-0.25, -0.2) is 0 Å². The van der Waals surface area contributed by atoms with E-state index in [1.165, 1.54) is 0 Å². The van der Waals surface area contributed by atoms with Crippen molar-refractivity contribution in [3.8, 4) is 11.5 Å². The molecule has 0 heterocycles. The molecular formula is C14H15NO2S. The standard InChI is InChI=1S/C14H15NO2S/c1-16-10-7-8-14(12(9-10)17-2)18-13-6-4-3-5-11(13)15/h3-9H,15H2,1-2H3. The Balaban J connectivity index is 2.32. The number of anilines is 1. The Labute approximate surface area is 111 Å². The van der Waals surface area contributed by atoms with Crippen molar-refractivity contribution in [1.29, 1.82) is 0 Å². The summed E-state index contributed by atoms with van der Waals surface area (Å²) >= 11 is 1.58. The second kappa shape index (κ2) is 5.69. The Morgan fingerprint density at radius 1 is 0.944 bits per heavy atom. The number of hydrogen-bond acceptors (Lipinski definition) is 4. The molecule has 0 aliphatic rings. The fraction of sp³-hybridized carbons (Fsp3) is 0.143.